The van der Waals surface area contributed by atoms with Gasteiger partial charge in [-0.3, -0.25) is 20.0 Å². The van der Waals surface area contributed by atoms with E-state index in [1.54, 1.807) is 0 Å². The topological polar surface area (TPSA) is 152 Å². The van der Waals surface area contributed by atoms with Crippen LogP contribution in [0, 0.1) is 5.41 Å². The first-order valence-electron chi connectivity index (χ1n) is 9.89. The number of nitrogens with one attached hydrogen (secondary N) is 3. The molecule has 0 unspecified atom stereocenters. The van der Waals surface area contributed by atoms with Crippen LogP contribution >= 0.6 is 0 Å². The van der Waals surface area contributed by atoms with E-state index in [2.05, 4.69) is 20.6 Å². The molecule has 0 saturated heterocycles. The third-order valence-electron chi connectivity index (χ3n) is 4.92. The Kier molecular flexibility index (Phi) is 7.03. The van der Waals surface area contributed by atoms with Gasteiger partial charge < -0.3 is 25.8 Å². The summed E-state index contributed by atoms with van der Waals surface area (Å²) in [4.78, 5) is 31.9. The number of methoxy groups -OCH3 is 1. The van der Waals surface area contributed by atoms with E-state index in [1.807, 2.05) is 0 Å². The van der Waals surface area contributed by atoms with E-state index in [0.29, 0.717) is 24.9 Å². The number of benzene rings is 1. The van der Waals surface area contributed by atoms with Crippen molar-refractivity contribution in [3.63, 3.8) is 0 Å². The van der Waals surface area contributed by atoms with Crippen molar-refractivity contribution < 1.29 is 32.2 Å². The number of ether oxygens (including phenoxy) is 2. The summed E-state index contributed by atoms with van der Waals surface area (Å²) in [5.74, 6) is -1.94. The van der Waals surface area contributed by atoms with E-state index in [1.165, 1.54) is 31.5 Å². The van der Waals surface area contributed by atoms with Gasteiger partial charge in [0.2, 0.25) is 5.91 Å². The fourth-order valence-electron chi connectivity index (χ4n) is 2.93. The second kappa shape index (κ2) is 9.77. The first-order valence-corrected chi connectivity index (χ1v) is 9.89. The molecule has 1 fully saturated rings. The zero-order chi connectivity index (χ0) is 24.9. The molecule has 13 heteroatoms. The van der Waals surface area contributed by atoms with Gasteiger partial charge in [0, 0.05) is 0 Å². The molecule has 0 atom stereocenters. The average Bonchev–Trinajstić information content (AvgIpc) is 3.58. The summed E-state index contributed by atoms with van der Waals surface area (Å²) in [6.45, 7) is 0.0111. The van der Waals surface area contributed by atoms with Crippen LogP contribution < -0.4 is 25.8 Å². The van der Waals surface area contributed by atoms with E-state index in [4.69, 9.17) is 20.6 Å². The number of nitrogens with zero attached hydrogens (tertiary/aromatic N) is 2. The van der Waals surface area contributed by atoms with Crippen LogP contribution in [0.5, 0.6) is 17.2 Å². The smallest absolute Gasteiger partial charge is 0.420 e. The molecule has 1 aliphatic carbocycles. The van der Waals surface area contributed by atoms with Crippen LogP contribution in [0.3, 0.4) is 0 Å². The summed E-state index contributed by atoms with van der Waals surface area (Å²) in [6.07, 6.45) is -1.98. The molecule has 2 aromatic rings. The molecule has 5 N–H and O–H groups in total. The standard InChI is InChI=1S/C21H21F3N6O4/c1-33-13-4-5-16(15(8-13)21(22,23)24)34-14-3-2-12(27-10-14)9-28-19(32)20(6-7-20)30-18(31)17(26)29-11-25/h2-5,8,10-11H,6-7,9H2,1H3,(H,28,32)(H,30,31)(H3,25,26,29). The van der Waals surface area contributed by atoms with Gasteiger partial charge in [-0.25, -0.2) is 4.99 Å². The van der Waals surface area contributed by atoms with Gasteiger partial charge in [-0.1, -0.05) is 0 Å². The van der Waals surface area contributed by atoms with Gasteiger partial charge in [0.25, 0.3) is 5.91 Å². The fraction of sp³-hybridized carbons (Fsp3) is 0.286. The minimum atomic E-state index is -4.65. The molecule has 1 aliphatic rings. The molecule has 3 rings (SSSR count). The second-order valence-electron chi connectivity index (χ2n) is 7.31. The third kappa shape index (κ3) is 5.79. The number of halogens is 3. The van der Waals surface area contributed by atoms with E-state index < -0.39 is 40.7 Å². The molecule has 0 spiro atoms. The number of aliphatic imine (C=N–C) groups is 1. The minimum Gasteiger partial charge on any atom is -0.497 e. The number of hydrogen-bond donors (Lipinski definition) is 4. The fourth-order valence-corrected chi connectivity index (χ4v) is 2.93. The van der Waals surface area contributed by atoms with Crippen molar-refractivity contribution in [3.8, 4) is 17.2 Å². The summed E-state index contributed by atoms with van der Waals surface area (Å²) in [7, 11) is 1.26. The van der Waals surface area contributed by atoms with Gasteiger partial charge in [0.15, 0.2) is 5.84 Å². The lowest BCUT2D eigenvalue weighted by atomic mass is 10.2. The second-order valence-corrected chi connectivity index (χ2v) is 7.31. The van der Waals surface area contributed by atoms with Crippen LogP contribution in [0.1, 0.15) is 24.1 Å². The number of pyridine rings is 1. The minimum absolute atomic E-state index is 0.0111. The number of alkyl halides is 3. The molecule has 2 amide bonds. The van der Waals surface area contributed by atoms with Gasteiger partial charge in [-0.2, -0.15) is 13.2 Å². The highest BCUT2D eigenvalue weighted by Gasteiger charge is 2.51. The van der Waals surface area contributed by atoms with Gasteiger partial charge in [-0.05, 0) is 43.2 Å². The molecule has 0 aliphatic heterocycles. The SMILES string of the molecule is COc1ccc(Oc2ccc(CNC(=O)C3(NC(=O)C(N)=NC=N)CC3)nc2)c(C(F)(F)F)c1. The Hall–Kier alpha value is -4.16. The lowest BCUT2D eigenvalue weighted by Crippen LogP contribution is -2.52. The Bertz CT molecular complexity index is 1110. The van der Waals surface area contributed by atoms with Gasteiger partial charge in [-0.15, -0.1) is 0 Å². The van der Waals surface area contributed by atoms with Crippen LogP contribution in [0.25, 0.3) is 0 Å². The highest BCUT2D eigenvalue weighted by molar-refractivity contribution is 6.38. The molecular formula is C21H21F3N6O4. The van der Waals surface area contributed by atoms with Crippen LogP contribution in [0.4, 0.5) is 13.2 Å². The molecule has 180 valence electrons. The number of aromatic nitrogens is 1. The van der Waals surface area contributed by atoms with Crippen molar-refractivity contribution in [1.29, 1.82) is 5.41 Å². The van der Waals surface area contributed by atoms with Crippen LogP contribution in [0.2, 0.25) is 0 Å². The Morgan fingerprint density at radius 2 is 1.97 bits per heavy atom. The van der Waals surface area contributed by atoms with Crippen molar-refractivity contribution in [1.82, 2.24) is 15.6 Å². The molecular weight excluding hydrogens is 457 g/mol. The predicted molar refractivity (Wildman–Crippen MR) is 115 cm³/mol. The molecule has 34 heavy (non-hydrogen) atoms. The Morgan fingerprint density at radius 1 is 1.26 bits per heavy atom. The maximum Gasteiger partial charge on any atom is 0.420 e. The predicted octanol–water partition coefficient (Wildman–Crippen LogP) is 2.13. The maximum absolute atomic E-state index is 13.3. The highest BCUT2D eigenvalue weighted by Crippen LogP contribution is 2.40. The number of rotatable bonds is 8. The monoisotopic (exact) mass is 478 g/mol. The highest BCUT2D eigenvalue weighted by atomic mass is 19.4. The summed E-state index contributed by atoms with van der Waals surface area (Å²) in [5.41, 5.74) is 3.72. The number of carbonyl (C=O) groups excluding carboxylic acids is 2. The molecule has 1 aromatic heterocycles. The number of carbonyl (C=O) groups is 2. The quantitative estimate of drug-likeness (QED) is 0.337. The van der Waals surface area contributed by atoms with Crippen molar-refractivity contribution >= 4 is 24.0 Å². The van der Waals surface area contributed by atoms with Gasteiger partial charge in [0.1, 0.15) is 34.7 Å². The molecule has 1 aromatic carbocycles. The number of nitrogens with two attached hydrogens (primary N) is 1. The average molecular weight is 478 g/mol. The van der Waals surface area contributed by atoms with Gasteiger partial charge in [0.05, 0.1) is 25.5 Å². The summed E-state index contributed by atoms with van der Waals surface area (Å²) < 4.78 is 50.2. The molecule has 0 radical (unpaired) electrons. The molecule has 10 nitrogen and oxygen atoms in total. The third-order valence-corrected chi connectivity index (χ3v) is 4.92. The first-order chi connectivity index (χ1) is 16.1. The Balaban J connectivity index is 1.61. The Labute approximate surface area is 191 Å². The van der Waals surface area contributed by atoms with Crippen LogP contribution in [0.15, 0.2) is 41.5 Å². The Morgan fingerprint density at radius 3 is 2.53 bits per heavy atom. The van der Waals surface area contributed by atoms with Gasteiger partial charge >= 0.3 is 6.18 Å². The van der Waals surface area contributed by atoms with Crippen molar-refractivity contribution in [2.24, 2.45) is 10.7 Å². The van der Waals surface area contributed by atoms with E-state index >= 15 is 0 Å². The lowest BCUT2D eigenvalue weighted by molar-refractivity contribution is -0.138. The number of hydrogen-bond acceptors (Lipinski definition) is 6. The summed E-state index contributed by atoms with van der Waals surface area (Å²) in [6, 6.07) is 6.24. The number of amides is 2. The zero-order valence-electron chi connectivity index (χ0n) is 17.9. The molecule has 0 bridgehead atoms. The van der Waals surface area contributed by atoms with E-state index in [-0.39, 0.29) is 18.0 Å². The molecule has 1 saturated carbocycles. The summed E-state index contributed by atoms with van der Waals surface area (Å²) >= 11 is 0. The van der Waals surface area contributed by atoms with E-state index in [9.17, 15) is 22.8 Å². The largest absolute Gasteiger partial charge is 0.497 e. The van der Waals surface area contributed by atoms with Crippen molar-refractivity contribution in [2.45, 2.75) is 31.1 Å². The van der Waals surface area contributed by atoms with Crippen molar-refractivity contribution in [3.05, 3.63) is 47.8 Å². The summed E-state index contributed by atoms with van der Waals surface area (Å²) in [5, 5.41) is 12.0. The van der Waals surface area contributed by atoms with Crippen LogP contribution in [-0.4, -0.2) is 41.6 Å². The molecule has 1 heterocycles. The van der Waals surface area contributed by atoms with Crippen molar-refractivity contribution in [2.75, 3.05) is 7.11 Å². The lowest BCUT2D eigenvalue weighted by Gasteiger charge is -2.17. The normalized spacial score (nSPS) is 14.6. The maximum atomic E-state index is 13.3. The first kappa shape index (κ1) is 24.5. The zero-order valence-corrected chi connectivity index (χ0v) is 17.9. The van der Waals surface area contributed by atoms with Crippen LogP contribution in [-0.2, 0) is 22.3 Å². The van der Waals surface area contributed by atoms with E-state index in [0.717, 1.165) is 12.1 Å². The number of amidine groups is 1.